The number of amides is 1. The van der Waals surface area contributed by atoms with E-state index in [1.807, 2.05) is 17.0 Å². The van der Waals surface area contributed by atoms with Gasteiger partial charge in [-0.25, -0.2) is 9.59 Å². The van der Waals surface area contributed by atoms with Gasteiger partial charge in [0, 0.05) is 50.2 Å². The van der Waals surface area contributed by atoms with Crippen molar-refractivity contribution in [1.29, 1.82) is 0 Å². The third kappa shape index (κ3) is 4.63. The second kappa shape index (κ2) is 8.47. The summed E-state index contributed by atoms with van der Waals surface area (Å²) >= 11 is 0. The lowest BCUT2D eigenvalue weighted by atomic mass is 9.93. The zero-order valence-corrected chi connectivity index (χ0v) is 15.2. The van der Waals surface area contributed by atoms with Gasteiger partial charge in [0.15, 0.2) is 0 Å². The molecule has 0 spiro atoms. The van der Waals surface area contributed by atoms with Crippen LogP contribution in [0, 0.1) is 11.8 Å². The van der Waals surface area contributed by atoms with Crippen LogP contribution in [-0.2, 0) is 9.59 Å². The molecule has 3 atom stereocenters. The number of carboxylic acid groups (broad SMARTS) is 2. The van der Waals surface area contributed by atoms with Crippen LogP contribution >= 0.6 is 0 Å². The Bertz CT molecular complexity index is 676. The Hall–Kier alpha value is -2.48. The van der Waals surface area contributed by atoms with Crippen LogP contribution in [-0.4, -0.2) is 75.1 Å². The highest BCUT2D eigenvalue weighted by atomic mass is 16.4. The summed E-state index contributed by atoms with van der Waals surface area (Å²) < 4.78 is 0. The van der Waals surface area contributed by atoms with Crippen molar-refractivity contribution < 1.29 is 24.6 Å². The van der Waals surface area contributed by atoms with Crippen molar-refractivity contribution in [1.82, 2.24) is 14.8 Å². The van der Waals surface area contributed by atoms with E-state index in [1.54, 1.807) is 12.4 Å². The van der Waals surface area contributed by atoms with E-state index in [-0.39, 0.29) is 5.91 Å². The number of aliphatic carboxylic acids is 2. The monoisotopic (exact) mass is 375 g/mol. The van der Waals surface area contributed by atoms with Gasteiger partial charge >= 0.3 is 11.9 Å². The van der Waals surface area contributed by atoms with Crippen LogP contribution in [0.2, 0.25) is 0 Å². The largest absolute Gasteiger partial charge is 0.473 e. The molecule has 1 aromatic heterocycles. The van der Waals surface area contributed by atoms with Crippen molar-refractivity contribution in [2.45, 2.75) is 31.7 Å². The molecule has 4 rings (SSSR count). The Morgan fingerprint density at radius 3 is 2.04 bits per heavy atom. The molecule has 2 aliphatic carbocycles. The van der Waals surface area contributed by atoms with E-state index in [4.69, 9.17) is 19.8 Å². The second-order valence-electron chi connectivity index (χ2n) is 7.42. The molecule has 0 aromatic carbocycles. The van der Waals surface area contributed by atoms with Gasteiger partial charge in [0.05, 0.1) is 0 Å². The summed E-state index contributed by atoms with van der Waals surface area (Å²) in [4.78, 5) is 39.3. The van der Waals surface area contributed by atoms with Crippen LogP contribution < -0.4 is 0 Å². The fourth-order valence-electron chi connectivity index (χ4n) is 4.59. The number of carboxylic acids is 2. The average Bonchev–Trinajstić information content (AvgIpc) is 3.32. The highest BCUT2D eigenvalue weighted by Crippen LogP contribution is 2.46. The lowest BCUT2D eigenvalue weighted by Gasteiger charge is -2.41. The van der Waals surface area contributed by atoms with Crippen molar-refractivity contribution >= 4 is 17.8 Å². The van der Waals surface area contributed by atoms with Crippen LogP contribution in [0.25, 0.3) is 0 Å². The summed E-state index contributed by atoms with van der Waals surface area (Å²) in [5.41, 5.74) is 0.762. The summed E-state index contributed by atoms with van der Waals surface area (Å²) in [6.07, 6.45) is 9.15. The molecule has 2 saturated carbocycles. The van der Waals surface area contributed by atoms with E-state index in [0.29, 0.717) is 0 Å². The first kappa shape index (κ1) is 19.3. The van der Waals surface area contributed by atoms with E-state index in [1.165, 1.54) is 25.7 Å². The number of rotatable bonds is 2. The van der Waals surface area contributed by atoms with E-state index in [0.717, 1.165) is 49.6 Å². The molecular weight excluding hydrogens is 350 g/mol. The van der Waals surface area contributed by atoms with Crippen LogP contribution in [0.4, 0.5) is 0 Å². The maximum Gasteiger partial charge on any atom is 0.414 e. The molecule has 27 heavy (non-hydrogen) atoms. The number of fused-ring (bicyclic) bond motifs is 2. The normalized spacial score (nSPS) is 27.0. The van der Waals surface area contributed by atoms with Gasteiger partial charge in [0.25, 0.3) is 5.91 Å². The van der Waals surface area contributed by atoms with Gasteiger partial charge in [0.1, 0.15) is 0 Å². The fraction of sp³-hybridized carbons (Fsp3) is 0.579. The van der Waals surface area contributed by atoms with Crippen LogP contribution in [0.3, 0.4) is 0 Å². The molecule has 3 unspecified atom stereocenters. The molecule has 146 valence electrons. The first-order valence-electron chi connectivity index (χ1n) is 9.35. The Balaban J connectivity index is 0.000000307. The van der Waals surface area contributed by atoms with Gasteiger partial charge in [-0.05, 0) is 43.2 Å². The summed E-state index contributed by atoms with van der Waals surface area (Å²) in [7, 11) is 0. The number of nitrogens with zero attached hydrogens (tertiary/aromatic N) is 3. The number of piperazine rings is 1. The first-order valence-corrected chi connectivity index (χ1v) is 9.35. The maximum absolute atomic E-state index is 12.4. The van der Waals surface area contributed by atoms with E-state index in [9.17, 15) is 4.79 Å². The molecule has 2 N–H and O–H groups in total. The molecule has 3 fully saturated rings. The molecule has 1 aromatic rings. The second-order valence-corrected chi connectivity index (χ2v) is 7.42. The molecule has 8 heteroatoms. The lowest BCUT2D eigenvalue weighted by molar-refractivity contribution is -0.159. The van der Waals surface area contributed by atoms with Crippen molar-refractivity contribution in [2.75, 3.05) is 26.2 Å². The highest BCUT2D eigenvalue weighted by molar-refractivity contribution is 6.27. The number of carbonyl (C=O) groups excluding carboxylic acids is 1. The summed E-state index contributed by atoms with van der Waals surface area (Å²) in [6, 6.07) is 4.43. The molecule has 1 amide bonds. The third-order valence-corrected chi connectivity index (χ3v) is 5.88. The van der Waals surface area contributed by atoms with Crippen molar-refractivity contribution in [3.8, 4) is 0 Å². The quantitative estimate of drug-likeness (QED) is 0.747. The van der Waals surface area contributed by atoms with Gasteiger partial charge in [-0.15, -0.1) is 0 Å². The van der Waals surface area contributed by atoms with Gasteiger partial charge in [-0.2, -0.15) is 0 Å². The van der Waals surface area contributed by atoms with Crippen LogP contribution in [0.5, 0.6) is 0 Å². The number of hydrogen-bond donors (Lipinski definition) is 2. The number of carbonyl (C=O) groups is 3. The standard InChI is InChI=1S/C17H23N3O.C2H2O4/c21-17(14-3-5-18-6-4-14)20-9-7-19(8-10-20)16-12-13-1-2-15(16)11-13;3-1(4)2(5)6/h3-6,13,15-16H,1-2,7-12H2;(H,3,4)(H,5,6). The SMILES string of the molecule is O=C(O)C(=O)O.O=C(c1ccncc1)N1CCN(C2CC3CCC2C3)CC1. The molecule has 3 aliphatic rings. The van der Waals surface area contributed by atoms with E-state index in [2.05, 4.69) is 9.88 Å². The van der Waals surface area contributed by atoms with Gasteiger partial charge in [-0.3, -0.25) is 14.7 Å². The van der Waals surface area contributed by atoms with Crippen molar-refractivity contribution in [3.05, 3.63) is 30.1 Å². The number of pyridine rings is 1. The average molecular weight is 375 g/mol. The summed E-state index contributed by atoms with van der Waals surface area (Å²) in [6.45, 7) is 3.83. The Labute approximate surface area is 157 Å². The van der Waals surface area contributed by atoms with Crippen molar-refractivity contribution in [2.24, 2.45) is 11.8 Å². The van der Waals surface area contributed by atoms with Gasteiger partial charge < -0.3 is 15.1 Å². The minimum absolute atomic E-state index is 0.157. The van der Waals surface area contributed by atoms with Gasteiger partial charge in [-0.1, -0.05) is 6.42 Å². The lowest BCUT2D eigenvalue weighted by Crippen LogP contribution is -2.53. The Morgan fingerprint density at radius 2 is 1.56 bits per heavy atom. The molecule has 1 aliphatic heterocycles. The molecule has 0 radical (unpaired) electrons. The Kier molecular flexibility index (Phi) is 6.05. The highest BCUT2D eigenvalue weighted by Gasteiger charge is 2.42. The predicted molar refractivity (Wildman–Crippen MR) is 96.2 cm³/mol. The minimum atomic E-state index is -1.82. The summed E-state index contributed by atoms with van der Waals surface area (Å²) in [5.74, 6) is -1.55. The topological polar surface area (TPSA) is 111 Å². The molecule has 2 bridgehead atoms. The van der Waals surface area contributed by atoms with Crippen molar-refractivity contribution in [3.63, 3.8) is 0 Å². The zero-order chi connectivity index (χ0) is 19.4. The third-order valence-electron chi connectivity index (χ3n) is 5.88. The number of hydrogen-bond acceptors (Lipinski definition) is 5. The molecule has 8 nitrogen and oxygen atoms in total. The maximum atomic E-state index is 12.4. The smallest absolute Gasteiger partial charge is 0.414 e. The Morgan fingerprint density at radius 1 is 0.926 bits per heavy atom. The number of aromatic nitrogens is 1. The van der Waals surface area contributed by atoms with Gasteiger partial charge in [0.2, 0.25) is 0 Å². The van der Waals surface area contributed by atoms with Crippen LogP contribution in [0.1, 0.15) is 36.0 Å². The van der Waals surface area contributed by atoms with Crippen LogP contribution in [0.15, 0.2) is 24.5 Å². The van der Waals surface area contributed by atoms with E-state index < -0.39 is 11.9 Å². The fourth-order valence-corrected chi connectivity index (χ4v) is 4.59. The minimum Gasteiger partial charge on any atom is -0.473 e. The van der Waals surface area contributed by atoms with E-state index >= 15 is 0 Å². The zero-order valence-electron chi connectivity index (χ0n) is 15.2. The predicted octanol–water partition coefficient (Wildman–Crippen LogP) is 1.18. The molecule has 2 heterocycles. The first-order chi connectivity index (χ1) is 13.0. The molecule has 1 saturated heterocycles. The summed E-state index contributed by atoms with van der Waals surface area (Å²) in [5, 5.41) is 14.8. The molecular formula is C19H25N3O5.